The van der Waals surface area contributed by atoms with Gasteiger partial charge in [-0.2, -0.15) is 11.8 Å². The largest absolute Gasteiger partial charge is 0.324 e. The van der Waals surface area contributed by atoms with E-state index < -0.39 is 0 Å². The van der Waals surface area contributed by atoms with Crippen LogP contribution < -0.4 is 5.32 Å². The van der Waals surface area contributed by atoms with Gasteiger partial charge in [-0.3, -0.25) is 4.79 Å². The van der Waals surface area contributed by atoms with Crippen LogP contribution in [0.2, 0.25) is 5.02 Å². The molecule has 124 valence electrons. The summed E-state index contributed by atoms with van der Waals surface area (Å²) in [5.74, 6) is 1.57. The molecule has 1 amide bonds. The summed E-state index contributed by atoms with van der Waals surface area (Å²) in [6.45, 7) is 2.12. The fourth-order valence-electron chi connectivity index (χ4n) is 2.62. The highest BCUT2D eigenvalue weighted by atomic mass is 35.5. The van der Waals surface area contributed by atoms with Gasteiger partial charge in [-0.25, -0.2) is 4.98 Å². The Hall–Kier alpha value is -1.98. The second kappa shape index (κ2) is 7.28. The zero-order valence-electron chi connectivity index (χ0n) is 13.5. The number of anilines is 1. The number of carbonyl (C=O) groups is 1. The van der Waals surface area contributed by atoms with Gasteiger partial charge in [0.15, 0.2) is 0 Å². The number of carbonyl (C=O) groups excluding carboxylic acids is 1. The zero-order chi connectivity index (χ0) is 17.1. The molecular formula is C18H18ClN3OS. The molecule has 0 radical (unpaired) electrons. The second-order valence-electron chi connectivity index (χ2n) is 5.50. The Bertz CT molecular complexity index is 891. The standard InChI is InChI=1S/C18H18ClN3OS/c1-12-13(19)6-5-8-14(12)21-18(23)10-22-16-9-4-3-7-15(16)20-17(22)11-24-2/h3-9H,10-11H2,1-2H3,(H,21,23). The van der Waals surface area contributed by atoms with E-state index in [0.29, 0.717) is 5.02 Å². The molecule has 0 aliphatic heterocycles. The number of aromatic nitrogens is 2. The van der Waals surface area contributed by atoms with Crippen molar-refractivity contribution in [3.05, 3.63) is 58.9 Å². The monoisotopic (exact) mass is 359 g/mol. The molecule has 3 rings (SSSR count). The van der Waals surface area contributed by atoms with E-state index in [2.05, 4.69) is 10.3 Å². The number of amides is 1. The molecular weight excluding hydrogens is 342 g/mol. The van der Waals surface area contributed by atoms with Crippen molar-refractivity contribution in [1.29, 1.82) is 0 Å². The lowest BCUT2D eigenvalue weighted by Crippen LogP contribution is -2.20. The first-order valence-corrected chi connectivity index (χ1v) is 9.35. The highest BCUT2D eigenvalue weighted by Crippen LogP contribution is 2.23. The molecule has 0 bridgehead atoms. The number of nitrogens with one attached hydrogen (secondary N) is 1. The third-order valence-corrected chi connectivity index (χ3v) is 4.81. The topological polar surface area (TPSA) is 46.9 Å². The minimum atomic E-state index is -0.0918. The second-order valence-corrected chi connectivity index (χ2v) is 6.77. The van der Waals surface area contributed by atoms with E-state index in [1.165, 1.54) is 0 Å². The number of benzene rings is 2. The number of thioether (sulfide) groups is 1. The molecule has 1 heterocycles. The maximum atomic E-state index is 12.5. The van der Waals surface area contributed by atoms with Crippen molar-refractivity contribution in [2.24, 2.45) is 0 Å². The van der Waals surface area contributed by atoms with E-state index in [0.717, 1.165) is 33.9 Å². The predicted molar refractivity (Wildman–Crippen MR) is 102 cm³/mol. The third kappa shape index (κ3) is 3.42. The lowest BCUT2D eigenvalue weighted by atomic mass is 10.2. The molecule has 1 aromatic heterocycles. The van der Waals surface area contributed by atoms with Crippen molar-refractivity contribution < 1.29 is 4.79 Å². The number of para-hydroxylation sites is 2. The molecule has 0 aliphatic rings. The molecule has 0 atom stereocenters. The Balaban J connectivity index is 1.87. The fraction of sp³-hybridized carbons (Fsp3) is 0.222. The van der Waals surface area contributed by atoms with Crippen LogP contribution in [0.4, 0.5) is 5.69 Å². The Morgan fingerprint density at radius 1 is 1.25 bits per heavy atom. The van der Waals surface area contributed by atoms with Crippen LogP contribution in [0.25, 0.3) is 11.0 Å². The molecule has 24 heavy (non-hydrogen) atoms. The normalized spacial score (nSPS) is 11.0. The highest BCUT2D eigenvalue weighted by Gasteiger charge is 2.14. The summed E-state index contributed by atoms with van der Waals surface area (Å²) in [4.78, 5) is 17.2. The van der Waals surface area contributed by atoms with Crippen molar-refractivity contribution in [3.63, 3.8) is 0 Å². The Kier molecular flexibility index (Phi) is 5.11. The summed E-state index contributed by atoms with van der Waals surface area (Å²) in [7, 11) is 0. The summed E-state index contributed by atoms with van der Waals surface area (Å²) >= 11 is 7.80. The summed E-state index contributed by atoms with van der Waals surface area (Å²) in [5, 5.41) is 3.59. The van der Waals surface area contributed by atoms with Crippen LogP contribution in [0, 0.1) is 6.92 Å². The van der Waals surface area contributed by atoms with Gasteiger partial charge in [0.1, 0.15) is 12.4 Å². The maximum absolute atomic E-state index is 12.5. The quantitative estimate of drug-likeness (QED) is 0.729. The molecule has 0 saturated carbocycles. The van der Waals surface area contributed by atoms with Crippen molar-refractivity contribution in [2.75, 3.05) is 11.6 Å². The van der Waals surface area contributed by atoms with Crippen molar-refractivity contribution >= 4 is 46.0 Å². The lowest BCUT2D eigenvalue weighted by Gasteiger charge is -2.12. The first kappa shape index (κ1) is 16.9. The molecule has 2 aromatic carbocycles. The predicted octanol–water partition coefficient (Wildman–Crippen LogP) is 4.50. The Labute approximate surface area is 150 Å². The molecule has 0 unspecified atom stereocenters. The van der Waals surface area contributed by atoms with Crippen LogP contribution in [0.15, 0.2) is 42.5 Å². The van der Waals surface area contributed by atoms with Gasteiger partial charge >= 0.3 is 0 Å². The number of nitrogens with zero attached hydrogens (tertiary/aromatic N) is 2. The summed E-state index contributed by atoms with van der Waals surface area (Å²) in [5.41, 5.74) is 3.49. The molecule has 0 saturated heterocycles. The van der Waals surface area contributed by atoms with Gasteiger partial charge in [0.2, 0.25) is 5.91 Å². The lowest BCUT2D eigenvalue weighted by molar-refractivity contribution is -0.116. The average Bonchev–Trinajstić information content (AvgIpc) is 2.90. The number of halogens is 1. The summed E-state index contributed by atoms with van der Waals surface area (Å²) in [6.07, 6.45) is 2.03. The van der Waals surface area contributed by atoms with E-state index >= 15 is 0 Å². The van der Waals surface area contributed by atoms with E-state index in [4.69, 9.17) is 11.6 Å². The third-order valence-electron chi connectivity index (χ3n) is 3.85. The number of fused-ring (bicyclic) bond motifs is 1. The fourth-order valence-corrected chi connectivity index (χ4v) is 3.27. The van der Waals surface area contributed by atoms with Crippen LogP contribution in [0.1, 0.15) is 11.4 Å². The van der Waals surface area contributed by atoms with Crippen LogP contribution in [0.5, 0.6) is 0 Å². The minimum absolute atomic E-state index is 0.0918. The maximum Gasteiger partial charge on any atom is 0.244 e. The van der Waals surface area contributed by atoms with Gasteiger partial charge in [0.05, 0.1) is 16.8 Å². The first-order chi connectivity index (χ1) is 11.6. The number of hydrogen-bond acceptors (Lipinski definition) is 3. The highest BCUT2D eigenvalue weighted by molar-refractivity contribution is 7.97. The summed E-state index contributed by atoms with van der Waals surface area (Å²) in [6, 6.07) is 13.4. The van der Waals surface area contributed by atoms with Crippen LogP contribution in [0.3, 0.4) is 0 Å². The molecule has 4 nitrogen and oxygen atoms in total. The van der Waals surface area contributed by atoms with Crippen molar-refractivity contribution in [3.8, 4) is 0 Å². The molecule has 0 fully saturated rings. The molecule has 0 spiro atoms. The zero-order valence-corrected chi connectivity index (χ0v) is 15.1. The van der Waals surface area contributed by atoms with Gasteiger partial charge < -0.3 is 9.88 Å². The Morgan fingerprint density at radius 3 is 2.83 bits per heavy atom. The van der Waals surface area contributed by atoms with E-state index in [1.54, 1.807) is 11.8 Å². The molecule has 6 heteroatoms. The molecule has 1 N–H and O–H groups in total. The molecule has 0 aliphatic carbocycles. The molecule has 3 aromatic rings. The van der Waals surface area contributed by atoms with Crippen LogP contribution in [-0.2, 0) is 17.1 Å². The number of rotatable bonds is 5. The van der Waals surface area contributed by atoms with Gasteiger partial charge in [0, 0.05) is 10.7 Å². The van der Waals surface area contributed by atoms with E-state index in [-0.39, 0.29) is 12.5 Å². The number of imidazole rings is 1. The van der Waals surface area contributed by atoms with Crippen molar-refractivity contribution in [2.45, 2.75) is 19.2 Å². The van der Waals surface area contributed by atoms with E-state index in [9.17, 15) is 4.79 Å². The van der Waals surface area contributed by atoms with Crippen LogP contribution in [-0.4, -0.2) is 21.7 Å². The van der Waals surface area contributed by atoms with Gasteiger partial charge in [-0.15, -0.1) is 0 Å². The van der Waals surface area contributed by atoms with Crippen LogP contribution >= 0.6 is 23.4 Å². The van der Waals surface area contributed by atoms with E-state index in [1.807, 2.05) is 60.2 Å². The van der Waals surface area contributed by atoms with Crippen molar-refractivity contribution in [1.82, 2.24) is 9.55 Å². The first-order valence-electron chi connectivity index (χ1n) is 7.58. The van der Waals surface area contributed by atoms with Gasteiger partial charge in [-0.1, -0.05) is 29.8 Å². The average molecular weight is 360 g/mol. The minimum Gasteiger partial charge on any atom is -0.324 e. The number of hydrogen-bond donors (Lipinski definition) is 1. The SMILES string of the molecule is CSCc1nc2ccccc2n1CC(=O)Nc1cccc(Cl)c1C. The smallest absolute Gasteiger partial charge is 0.244 e. The van der Waals surface area contributed by atoms with Gasteiger partial charge in [-0.05, 0) is 43.0 Å². The summed E-state index contributed by atoms with van der Waals surface area (Å²) < 4.78 is 1.97. The Morgan fingerprint density at radius 2 is 2.04 bits per heavy atom. The van der Waals surface area contributed by atoms with Gasteiger partial charge in [0.25, 0.3) is 0 Å².